The number of hydrogen-bond acceptors (Lipinski definition) is 7. The van der Waals surface area contributed by atoms with E-state index in [1.807, 2.05) is 6.07 Å². The molecule has 3 N–H and O–H groups in total. The summed E-state index contributed by atoms with van der Waals surface area (Å²) in [4.78, 5) is 43.7. The van der Waals surface area contributed by atoms with Crippen LogP contribution in [0.5, 0.6) is 0 Å². The monoisotopic (exact) mass is 414 g/mol. The minimum absolute atomic E-state index is 0.0857. The first-order valence-corrected chi connectivity index (χ1v) is 10.0. The van der Waals surface area contributed by atoms with Gasteiger partial charge in [-0.3, -0.25) is 14.9 Å². The van der Waals surface area contributed by atoms with E-state index >= 15 is 0 Å². The van der Waals surface area contributed by atoms with Gasteiger partial charge in [0.05, 0.1) is 24.2 Å². The number of carbonyl (C=O) groups is 3. The molecule has 142 valence electrons. The first kappa shape index (κ1) is 18.3. The van der Waals surface area contributed by atoms with Crippen molar-refractivity contribution in [3.8, 4) is 11.3 Å². The van der Waals surface area contributed by atoms with E-state index in [-0.39, 0.29) is 11.8 Å². The fourth-order valence-corrected chi connectivity index (χ4v) is 4.13. The van der Waals surface area contributed by atoms with Crippen LogP contribution in [-0.2, 0) is 9.53 Å². The largest absolute Gasteiger partial charge is 0.464 e. The molecular formula is C18H14N4O4S2. The molecule has 1 aliphatic heterocycles. The molecule has 0 fully saturated rings. The normalized spacial score (nSPS) is 12.8. The number of methoxy groups -OCH3 is 1. The van der Waals surface area contributed by atoms with Crippen LogP contribution in [-0.4, -0.2) is 40.6 Å². The van der Waals surface area contributed by atoms with Gasteiger partial charge in [0.15, 0.2) is 5.13 Å². The van der Waals surface area contributed by atoms with E-state index in [0.29, 0.717) is 39.1 Å². The third kappa shape index (κ3) is 3.64. The number of amides is 2. The summed E-state index contributed by atoms with van der Waals surface area (Å²) in [5.74, 6) is -0.500. The van der Waals surface area contributed by atoms with Crippen molar-refractivity contribution in [1.82, 2.24) is 9.97 Å². The van der Waals surface area contributed by atoms with Crippen molar-refractivity contribution in [2.45, 2.75) is 4.90 Å². The fourth-order valence-electron chi connectivity index (χ4n) is 2.63. The molecule has 0 unspecified atom stereocenters. The second kappa shape index (κ2) is 7.49. The molecule has 0 atom stereocenters. The van der Waals surface area contributed by atoms with Crippen molar-refractivity contribution in [3.05, 3.63) is 47.1 Å². The highest BCUT2D eigenvalue weighted by Gasteiger charge is 2.18. The average molecular weight is 414 g/mol. The summed E-state index contributed by atoms with van der Waals surface area (Å²) in [6, 6.07) is 6.81. The number of hydrogen-bond donors (Lipinski definition) is 3. The lowest BCUT2D eigenvalue weighted by atomic mass is 10.2. The van der Waals surface area contributed by atoms with Crippen LogP contribution in [0.3, 0.4) is 0 Å². The Balaban J connectivity index is 1.49. The number of benzene rings is 1. The first-order chi connectivity index (χ1) is 13.5. The highest BCUT2D eigenvalue weighted by Crippen LogP contribution is 2.32. The number of aromatic amines is 1. The molecule has 2 aromatic heterocycles. The summed E-state index contributed by atoms with van der Waals surface area (Å²) in [5, 5.41) is 7.73. The second-order valence-electron chi connectivity index (χ2n) is 5.83. The molecule has 8 nitrogen and oxygen atoms in total. The topological polar surface area (TPSA) is 113 Å². The highest BCUT2D eigenvalue weighted by atomic mass is 32.2. The zero-order valence-corrected chi connectivity index (χ0v) is 16.2. The van der Waals surface area contributed by atoms with Crippen LogP contribution >= 0.6 is 23.1 Å². The van der Waals surface area contributed by atoms with Crippen molar-refractivity contribution in [3.63, 3.8) is 0 Å². The van der Waals surface area contributed by atoms with Gasteiger partial charge in [-0.1, -0.05) is 0 Å². The molecule has 10 heteroatoms. The van der Waals surface area contributed by atoms with Gasteiger partial charge in [-0.15, -0.1) is 23.1 Å². The Morgan fingerprint density at radius 2 is 2.14 bits per heavy atom. The van der Waals surface area contributed by atoms with Gasteiger partial charge in [0, 0.05) is 27.6 Å². The van der Waals surface area contributed by atoms with Crippen molar-refractivity contribution in [2.75, 3.05) is 23.5 Å². The van der Waals surface area contributed by atoms with Gasteiger partial charge in [0.1, 0.15) is 5.69 Å². The van der Waals surface area contributed by atoms with Gasteiger partial charge in [0.25, 0.3) is 5.91 Å². The van der Waals surface area contributed by atoms with Crippen LogP contribution in [0.2, 0.25) is 0 Å². The van der Waals surface area contributed by atoms with Crippen molar-refractivity contribution in [2.24, 2.45) is 0 Å². The van der Waals surface area contributed by atoms with Gasteiger partial charge in [0.2, 0.25) is 5.91 Å². The summed E-state index contributed by atoms with van der Waals surface area (Å²) >= 11 is 2.71. The molecule has 0 saturated carbocycles. The van der Waals surface area contributed by atoms with E-state index in [4.69, 9.17) is 0 Å². The fraction of sp³-hybridized carbons (Fsp3) is 0.111. The number of rotatable bonds is 4. The van der Waals surface area contributed by atoms with Crippen LogP contribution in [0.1, 0.15) is 20.8 Å². The Labute approximate surface area is 167 Å². The van der Waals surface area contributed by atoms with E-state index in [1.165, 1.54) is 30.2 Å². The predicted molar refractivity (Wildman–Crippen MR) is 107 cm³/mol. The zero-order valence-electron chi connectivity index (χ0n) is 14.6. The lowest BCUT2D eigenvalue weighted by Gasteiger charge is -2.16. The maximum atomic E-state index is 12.5. The van der Waals surface area contributed by atoms with E-state index in [1.54, 1.807) is 29.8 Å². The Bertz CT molecular complexity index is 1090. The third-order valence-corrected chi connectivity index (χ3v) is 5.81. The third-order valence-electron chi connectivity index (χ3n) is 3.98. The number of thiazole rings is 1. The van der Waals surface area contributed by atoms with Gasteiger partial charge >= 0.3 is 5.97 Å². The van der Waals surface area contributed by atoms with Crippen LogP contribution in [0.4, 0.5) is 10.8 Å². The number of carbonyl (C=O) groups excluding carboxylic acids is 3. The summed E-state index contributed by atoms with van der Waals surface area (Å²) in [7, 11) is 1.31. The molecule has 0 radical (unpaired) electrons. The van der Waals surface area contributed by atoms with Crippen LogP contribution in [0.25, 0.3) is 11.3 Å². The zero-order chi connectivity index (χ0) is 19.7. The Hall–Kier alpha value is -3.11. The maximum Gasteiger partial charge on any atom is 0.354 e. The van der Waals surface area contributed by atoms with Gasteiger partial charge in [-0.2, -0.15) is 0 Å². The molecule has 0 saturated heterocycles. The number of esters is 1. The first-order valence-electron chi connectivity index (χ1n) is 8.14. The molecule has 0 bridgehead atoms. The molecule has 1 aromatic carbocycles. The number of ether oxygens (including phenoxy) is 1. The van der Waals surface area contributed by atoms with Crippen LogP contribution in [0, 0.1) is 0 Å². The lowest BCUT2D eigenvalue weighted by molar-refractivity contribution is -0.113. The Kier molecular flexibility index (Phi) is 4.88. The van der Waals surface area contributed by atoms with E-state index < -0.39 is 5.97 Å². The predicted octanol–water partition coefficient (Wildman–Crippen LogP) is 3.22. The van der Waals surface area contributed by atoms with Crippen molar-refractivity contribution < 1.29 is 19.1 Å². The Morgan fingerprint density at radius 3 is 2.96 bits per heavy atom. The molecule has 3 heterocycles. The lowest BCUT2D eigenvalue weighted by Crippen LogP contribution is -2.19. The minimum Gasteiger partial charge on any atom is -0.464 e. The number of nitrogens with zero attached hydrogens (tertiary/aromatic N) is 1. The molecule has 2 amide bonds. The standard InChI is InChI=1S/C18H14N4O4S2/c1-26-17(25)12-5-10(6-19-12)13-7-28-18(21-13)22-16(24)9-2-3-14-11(4-9)20-15(23)8-27-14/h2-7,19H,8H2,1H3,(H,20,23)(H,21,22,24). The second-order valence-corrected chi connectivity index (χ2v) is 7.71. The number of H-pyrrole nitrogens is 1. The molecule has 3 aromatic rings. The summed E-state index contributed by atoms with van der Waals surface area (Å²) in [6.07, 6.45) is 1.65. The van der Waals surface area contributed by atoms with Gasteiger partial charge < -0.3 is 15.0 Å². The molecular weight excluding hydrogens is 400 g/mol. The van der Waals surface area contributed by atoms with Crippen molar-refractivity contribution in [1.29, 1.82) is 0 Å². The smallest absolute Gasteiger partial charge is 0.354 e. The van der Waals surface area contributed by atoms with E-state index in [2.05, 4.69) is 25.3 Å². The van der Waals surface area contributed by atoms with Gasteiger partial charge in [-0.25, -0.2) is 9.78 Å². The molecule has 1 aliphatic rings. The quantitative estimate of drug-likeness (QED) is 0.565. The summed E-state index contributed by atoms with van der Waals surface area (Å²) < 4.78 is 4.67. The molecule has 28 heavy (non-hydrogen) atoms. The SMILES string of the molecule is COC(=O)c1cc(-c2csc(NC(=O)c3ccc4c(c3)NC(=O)CS4)n2)c[nH]1. The van der Waals surface area contributed by atoms with Gasteiger partial charge in [-0.05, 0) is 24.3 Å². The highest BCUT2D eigenvalue weighted by molar-refractivity contribution is 8.00. The van der Waals surface area contributed by atoms with Crippen molar-refractivity contribution >= 4 is 51.7 Å². The Morgan fingerprint density at radius 1 is 1.29 bits per heavy atom. The summed E-state index contributed by atoms with van der Waals surface area (Å²) in [5.41, 5.74) is 2.72. The molecule has 0 aliphatic carbocycles. The average Bonchev–Trinajstić information content (AvgIpc) is 3.36. The molecule has 0 spiro atoms. The van der Waals surface area contributed by atoms with Crippen LogP contribution < -0.4 is 10.6 Å². The van der Waals surface area contributed by atoms with Crippen LogP contribution in [0.15, 0.2) is 40.7 Å². The number of thioether (sulfide) groups is 1. The van der Waals surface area contributed by atoms with E-state index in [0.717, 1.165) is 4.90 Å². The number of anilines is 2. The molecule has 4 rings (SSSR count). The van der Waals surface area contributed by atoms with E-state index in [9.17, 15) is 14.4 Å². The number of nitrogens with one attached hydrogen (secondary N) is 3. The number of aromatic nitrogens is 2. The minimum atomic E-state index is -0.465. The maximum absolute atomic E-state index is 12.5. The number of fused-ring (bicyclic) bond motifs is 1. The summed E-state index contributed by atoms with van der Waals surface area (Å²) in [6.45, 7) is 0.